The van der Waals surface area contributed by atoms with Crippen LogP contribution in [0.5, 0.6) is 0 Å². The Balaban J connectivity index is 0.000000338. The molecule has 1 fully saturated rings. The first kappa shape index (κ1) is 16.8. The molecule has 0 saturated heterocycles. The van der Waals surface area contributed by atoms with E-state index in [2.05, 4.69) is 14.6 Å². The topological polar surface area (TPSA) is 60.3 Å². The largest absolute Gasteiger partial charge is 0.468 e. The van der Waals surface area contributed by atoms with Crippen LogP contribution in [0.3, 0.4) is 0 Å². The number of amides is 1. The van der Waals surface area contributed by atoms with Crippen LogP contribution in [0.25, 0.3) is 0 Å². The summed E-state index contributed by atoms with van der Waals surface area (Å²) in [7, 11) is 0. The third kappa shape index (κ3) is 5.62. The van der Waals surface area contributed by atoms with Crippen LogP contribution in [-0.2, 0) is 16.1 Å². The van der Waals surface area contributed by atoms with Gasteiger partial charge >= 0.3 is 0 Å². The molecule has 5 heteroatoms. The molecule has 0 aliphatic heterocycles. The molecule has 1 amide bonds. The van der Waals surface area contributed by atoms with E-state index < -0.39 is 0 Å². The second kappa shape index (κ2) is 8.78. The van der Waals surface area contributed by atoms with E-state index >= 15 is 0 Å². The van der Waals surface area contributed by atoms with Gasteiger partial charge in [0.15, 0.2) is 0 Å². The second-order valence-electron chi connectivity index (χ2n) is 5.36. The molecule has 0 spiro atoms. The molecule has 0 unspecified atom stereocenters. The van der Waals surface area contributed by atoms with Gasteiger partial charge in [-0.1, -0.05) is 18.2 Å². The van der Waals surface area contributed by atoms with Gasteiger partial charge in [-0.2, -0.15) is 0 Å². The molecule has 0 bridgehead atoms. The zero-order valence-electron chi connectivity index (χ0n) is 13.3. The molecule has 0 radical (unpaired) electrons. The van der Waals surface area contributed by atoms with Crippen LogP contribution in [0, 0.1) is 5.92 Å². The fraction of sp³-hybridized carbons (Fsp3) is 0.333. The smallest absolute Gasteiger partial charge is 0.293 e. The summed E-state index contributed by atoms with van der Waals surface area (Å²) in [6, 6.07) is 13.4. The molecule has 2 aromatic rings. The lowest BCUT2D eigenvalue weighted by Crippen LogP contribution is -2.17. The average molecular weight is 314 g/mol. The summed E-state index contributed by atoms with van der Waals surface area (Å²) in [5.74, 6) is 0.729. The van der Waals surface area contributed by atoms with Crippen LogP contribution < -0.4 is 5.32 Å². The average Bonchev–Trinajstić information content (AvgIpc) is 3.25. The van der Waals surface area contributed by atoms with Crippen LogP contribution in [0.15, 0.2) is 48.7 Å². The molecule has 5 nitrogen and oxygen atoms in total. The van der Waals surface area contributed by atoms with Crippen molar-refractivity contribution in [1.29, 1.82) is 0 Å². The van der Waals surface area contributed by atoms with Crippen molar-refractivity contribution < 1.29 is 14.3 Å². The zero-order chi connectivity index (χ0) is 16.5. The van der Waals surface area contributed by atoms with Crippen LogP contribution in [-0.4, -0.2) is 23.6 Å². The third-order valence-electron chi connectivity index (χ3n) is 3.48. The van der Waals surface area contributed by atoms with Crippen molar-refractivity contribution in [3.8, 4) is 0 Å². The number of carbonyl (C=O) groups excluding carboxylic acids is 2. The summed E-state index contributed by atoms with van der Waals surface area (Å²) in [5, 5.41) is 2.92. The Morgan fingerprint density at radius 2 is 2.00 bits per heavy atom. The number of hydrogen-bond donors (Lipinski definition) is 1. The zero-order valence-corrected chi connectivity index (χ0v) is 13.3. The number of aromatic nitrogens is 1. The fourth-order valence-corrected chi connectivity index (χ4v) is 2.14. The van der Waals surface area contributed by atoms with Crippen molar-refractivity contribution in [2.24, 2.45) is 5.92 Å². The highest BCUT2D eigenvalue weighted by Crippen LogP contribution is 2.31. The summed E-state index contributed by atoms with van der Waals surface area (Å²) >= 11 is 0. The van der Waals surface area contributed by atoms with E-state index in [0.29, 0.717) is 13.1 Å². The molecule has 3 rings (SSSR count). The van der Waals surface area contributed by atoms with Gasteiger partial charge in [0.05, 0.1) is 6.61 Å². The van der Waals surface area contributed by atoms with E-state index in [1.54, 1.807) is 6.92 Å². The van der Waals surface area contributed by atoms with Crippen molar-refractivity contribution in [3.63, 3.8) is 0 Å². The normalized spacial score (nSPS) is 12.7. The van der Waals surface area contributed by atoms with Gasteiger partial charge in [0.2, 0.25) is 0 Å². The van der Waals surface area contributed by atoms with Crippen molar-refractivity contribution >= 4 is 18.1 Å². The lowest BCUT2D eigenvalue weighted by atomic mass is 10.3. The predicted molar refractivity (Wildman–Crippen MR) is 89.2 cm³/mol. The summed E-state index contributed by atoms with van der Waals surface area (Å²) in [4.78, 5) is 21.3. The minimum Gasteiger partial charge on any atom is -0.468 e. The first-order valence-corrected chi connectivity index (χ1v) is 7.81. The van der Waals surface area contributed by atoms with Gasteiger partial charge in [-0.15, -0.1) is 0 Å². The highest BCUT2D eigenvalue weighted by Gasteiger charge is 2.23. The molecule has 122 valence electrons. The van der Waals surface area contributed by atoms with E-state index in [1.807, 2.05) is 48.7 Å². The van der Waals surface area contributed by atoms with Gasteiger partial charge in [0.25, 0.3) is 12.4 Å². The maximum Gasteiger partial charge on any atom is 0.293 e. The van der Waals surface area contributed by atoms with Crippen molar-refractivity contribution in [2.45, 2.75) is 26.3 Å². The molecule has 1 aromatic heterocycles. The van der Waals surface area contributed by atoms with Crippen LogP contribution in [0.4, 0.5) is 5.69 Å². The Hall–Kier alpha value is -2.56. The number of nitrogens with one attached hydrogen (secondary N) is 1. The molecule has 1 heterocycles. The minimum absolute atomic E-state index is 0.0353. The van der Waals surface area contributed by atoms with E-state index in [-0.39, 0.29) is 5.91 Å². The highest BCUT2D eigenvalue weighted by atomic mass is 16.5. The van der Waals surface area contributed by atoms with Crippen LogP contribution in [0.1, 0.15) is 30.3 Å². The van der Waals surface area contributed by atoms with E-state index in [9.17, 15) is 9.59 Å². The Bertz CT molecular complexity index is 618. The van der Waals surface area contributed by atoms with Gasteiger partial charge in [0.1, 0.15) is 5.69 Å². The molecule has 0 atom stereocenters. The fourth-order valence-electron chi connectivity index (χ4n) is 2.14. The first-order chi connectivity index (χ1) is 11.2. The lowest BCUT2D eigenvalue weighted by Gasteiger charge is -2.09. The number of carbonyl (C=O) groups is 2. The van der Waals surface area contributed by atoms with Gasteiger partial charge in [-0.25, -0.2) is 0 Å². The molecule has 23 heavy (non-hydrogen) atoms. The number of rotatable bonds is 6. The molecule has 1 aliphatic carbocycles. The van der Waals surface area contributed by atoms with E-state index in [1.165, 1.54) is 12.8 Å². The molecular formula is C18H22N2O3. The first-order valence-electron chi connectivity index (χ1n) is 7.81. The van der Waals surface area contributed by atoms with Gasteiger partial charge < -0.3 is 14.6 Å². The van der Waals surface area contributed by atoms with Crippen molar-refractivity contribution in [1.82, 2.24) is 4.57 Å². The third-order valence-corrected chi connectivity index (χ3v) is 3.48. The summed E-state index contributed by atoms with van der Waals surface area (Å²) in [6.07, 6.45) is 4.56. The molecular weight excluding hydrogens is 292 g/mol. The number of ether oxygens (including phenoxy) is 1. The standard InChI is InChI=1S/C15H16N2O.C3H6O2/c18-15(16-13-5-2-1-3-6-13)14-7-4-10-17(14)11-12-8-9-12;1-2-5-3-4/h1-7,10,12H,8-9,11H2,(H,16,18);3H,2H2,1H3. The van der Waals surface area contributed by atoms with Gasteiger partial charge in [0, 0.05) is 18.4 Å². The summed E-state index contributed by atoms with van der Waals surface area (Å²) in [6.45, 7) is 3.63. The number of para-hydroxylation sites is 1. The van der Waals surface area contributed by atoms with Crippen molar-refractivity contribution in [2.75, 3.05) is 11.9 Å². The monoisotopic (exact) mass is 314 g/mol. The van der Waals surface area contributed by atoms with Crippen LogP contribution in [0.2, 0.25) is 0 Å². The lowest BCUT2D eigenvalue weighted by molar-refractivity contribution is -0.128. The number of benzene rings is 1. The van der Waals surface area contributed by atoms with Crippen LogP contribution >= 0.6 is 0 Å². The molecule has 1 saturated carbocycles. The second-order valence-corrected chi connectivity index (χ2v) is 5.36. The number of nitrogens with zero attached hydrogens (tertiary/aromatic N) is 1. The molecule has 1 aromatic carbocycles. The van der Waals surface area contributed by atoms with E-state index in [0.717, 1.165) is 23.8 Å². The van der Waals surface area contributed by atoms with Crippen molar-refractivity contribution in [3.05, 3.63) is 54.4 Å². The van der Waals surface area contributed by atoms with Gasteiger partial charge in [-0.05, 0) is 49.9 Å². The summed E-state index contributed by atoms with van der Waals surface area (Å²) in [5.41, 5.74) is 1.58. The number of anilines is 1. The summed E-state index contributed by atoms with van der Waals surface area (Å²) < 4.78 is 6.20. The minimum atomic E-state index is -0.0353. The van der Waals surface area contributed by atoms with Gasteiger partial charge in [-0.3, -0.25) is 9.59 Å². The maximum atomic E-state index is 12.2. The van der Waals surface area contributed by atoms with E-state index in [4.69, 9.17) is 0 Å². The Morgan fingerprint density at radius 1 is 1.26 bits per heavy atom. The Morgan fingerprint density at radius 3 is 2.57 bits per heavy atom. The maximum absolute atomic E-state index is 12.2. The SMILES string of the molecule is CCOC=O.O=C(Nc1ccccc1)c1cccn1CC1CC1. The highest BCUT2D eigenvalue weighted by molar-refractivity contribution is 6.03. The Labute approximate surface area is 136 Å². The number of hydrogen-bond acceptors (Lipinski definition) is 3. The quantitative estimate of drug-likeness (QED) is 0.832. The molecule has 1 aliphatic rings. The predicted octanol–water partition coefficient (Wildman–Crippen LogP) is 3.33. The molecule has 1 N–H and O–H groups in total. The Kier molecular flexibility index (Phi) is 6.41.